The average Bonchev–Trinajstić information content (AvgIpc) is 2.32. The molecule has 0 aliphatic heterocycles. The minimum Gasteiger partial charge on any atom is -0.276 e. The van der Waals surface area contributed by atoms with Crippen LogP contribution in [0, 0.1) is 32.8 Å². The molecule has 0 bridgehead atoms. The van der Waals surface area contributed by atoms with E-state index >= 15 is 0 Å². The van der Waals surface area contributed by atoms with Crippen LogP contribution in [0.2, 0.25) is 5.02 Å². The van der Waals surface area contributed by atoms with Crippen LogP contribution in [0.3, 0.4) is 0 Å². The summed E-state index contributed by atoms with van der Waals surface area (Å²) in [6.07, 6.45) is 0. The van der Waals surface area contributed by atoms with E-state index in [1.54, 1.807) is 0 Å². The Bertz CT molecular complexity index is 554. The third-order valence-corrected chi connectivity index (χ3v) is 1.97. The second-order valence-electron chi connectivity index (χ2n) is 2.72. The first-order valence-corrected chi connectivity index (χ1v) is 4.54. The second-order valence-corrected chi connectivity index (χ2v) is 3.13. The number of hydrogen-bond acceptors (Lipinski definition) is 6. The van der Waals surface area contributed by atoms with Crippen molar-refractivity contribution in [2.24, 2.45) is 5.10 Å². The maximum atomic E-state index is 10.6. The normalized spacial score (nSPS) is 8.65. The topological polar surface area (TPSA) is 115 Å². The van der Waals surface area contributed by atoms with E-state index in [4.69, 9.17) is 22.1 Å². The molecular formula is C9H4ClN5O2. The molecule has 0 aliphatic rings. The molecule has 0 aromatic heterocycles. The summed E-state index contributed by atoms with van der Waals surface area (Å²) in [5, 5.41) is 30.8. The van der Waals surface area contributed by atoms with Crippen LogP contribution in [0.4, 0.5) is 11.4 Å². The third-order valence-electron chi connectivity index (χ3n) is 1.65. The number of nitrogens with zero attached hydrogens (tertiary/aromatic N) is 4. The Morgan fingerprint density at radius 3 is 2.65 bits per heavy atom. The van der Waals surface area contributed by atoms with Crippen LogP contribution < -0.4 is 5.43 Å². The summed E-state index contributed by atoms with van der Waals surface area (Å²) >= 11 is 5.60. The SMILES string of the molecule is N#CC(C#N)=NNc1ccc(Cl)c([N+](=O)[O-])c1. The summed E-state index contributed by atoms with van der Waals surface area (Å²) in [7, 11) is 0. The number of nitro benzene ring substituents is 1. The molecule has 1 aromatic carbocycles. The van der Waals surface area contributed by atoms with Gasteiger partial charge in [0.25, 0.3) is 5.69 Å². The molecule has 0 heterocycles. The van der Waals surface area contributed by atoms with Crippen LogP contribution in [-0.2, 0) is 0 Å². The van der Waals surface area contributed by atoms with E-state index in [2.05, 4.69) is 10.5 Å². The molecule has 0 spiro atoms. The Kier molecular flexibility index (Phi) is 3.98. The Morgan fingerprint density at radius 2 is 2.12 bits per heavy atom. The highest BCUT2D eigenvalue weighted by atomic mass is 35.5. The van der Waals surface area contributed by atoms with Crippen molar-refractivity contribution in [1.82, 2.24) is 0 Å². The largest absolute Gasteiger partial charge is 0.290 e. The summed E-state index contributed by atoms with van der Waals surface area (Å²) in [6, 6.07) is 6.98. The van der Waals surface area contributed by atoms with Gasteiger partial charge in [0.05, 0.1) is 10.6 Å². The van der Waals surface area contributed by atoms with E-state index in [0.29, 0.717) is 0 Å². The zero-order chi connectivity index (χ0) is 12.8. The predicted molar refractivity (Wildman–Crippen MR) is 60.4 cm³/mol. The average molecular weight is 250 g/mol. The van der Waals surface area contributed by atoms with Gasteiger partial charge in [-0.3, -0.25) is 15.5 Å². The molecule has 0 amide bonds. The van der Waals surface area contributed by atoms with Crippen molar-refractivity contribution in [3.8, 4) is 12.1 Å². The van der Waals surface area contributed by atoms with E-state index in [1.165, 1.54) is 24.3 Å². The third kappa shape index (κ3) is 3.16. The molecule has 1 aromatic rings. The van der Waals surface area contributed by atoms with E-state index in [-0.39, 0.29) is 22.1 Å². The zero-order valence-electron chi connectivity index (χ0n) is 8.22. The standard InChI is InChI=1S/C9H4ClN5O2/c10-8-2-1-6(3-9(8)15(16)17)13-14-7(4-11)5-12/h1-3,13H. The van der Waals surface area contributed by atoms with Crippen LogP contribution in [0.15, 0.2) is 23.3 Å². The molecule has 0 saturated carbocycles. The molecule has 0 radical (unpaired) electrons. The zero-order valence-corrected chi connectivity index (χ0v) is 8.97. The Hall–Kier alpha value is -2.64. The van der Waals surface area contributed by atoms with Crippen molar-refractivity contribution < 1.29 is 4.92 Å². The number of nitrogens with one attached hydrogen (secondary N) is 1. The fourth-order valence-corrected chi connectivity index (χ4v) is 1.10. The van der Waals surface area contributed by atoms with Gasteiger partial charge in [-0.15, -0.1) is 0 Å². The van der Waals surface area contributed by atoms with Crippen LogP contribution in [0.5, 0.6) is 0 Å². The molecule has 0 atom stereocenters. The fourth-order valence-electron chi connectivity index (χ4n) is 0.918. The van der Waals surface area contributed by atoms with Gasteiger partial charge in [0, 0.05) is 6.07 Å². The molecule has 0 fully saturated rings. The number of benzene rings is 1. The van der Waals surface area contributed by atoms with Gasteiger partial charge in [0.1, 0.15) is 17.2 Å². The van der Waals surface area contributed by atoms with Crippen molar-refractivity contribution in [2.75, 3.05) is 5.43 Å². The molecule has 7 nitrogen and oxygen atoms in total. The predicted octanol–water partition coefficient (Wildman–Crippen LogP) is 2.06. The van der Waals surface area contributed by atoms with Crippen molar-refractivity contribution in [2.45, 2.75) is 0 Å². The first kappa shape index (κ1) is 12.4. The van der Waals surface area contributed by atoms with E-state index in [0.717, 1.165) is 6.07 Å². The number of hydrogen-bond donors (Lipinski definition) is 1. The first-order chi connectivity index (χ1) is 8.08. The van der Waals surface area contributed by atoms with Crippen LogP contribution in [0.1, 0.15) is 0 Å². The lowest BCUT2D eigenvalue weighted by Crippen LogP contribution is -1.97. The van der Waals surface area contributed by atoms with Gasteiger partial charge < -0.3 is 0 Å². The number of nitriles is 2. The van der Waals surface area contributed by atoms with Gasteiger partial charge >= 0.3 is 0 Å². The minimum atomic E-state index is -0.646. The maximum absolute atomic E-state index is 10.6. The van der Waals surface area contributed by atoms with Crippen LogP contribution in [0.25, 0.3) is 0 Å². The van der Waals surface area contributed by atoms with Gasteiger partial charge in [-0.1, -0.05) is 11.6 Å². The molecule has 0 aliphatic carbocycles. The summed E-state index contributed by atoms with van der Waals surface area (Å²) in [6.45, 7) is 0. The first-order valence-electron chi connectivity index (χ1n) is 4.16. The maximum Gasteiger partial charge on any atom is 0.290 e. The fraction of sp³-hybridized carbons (Fsp3) is 0. The number of rotatable bonds is 3. The lowest BCUT2D eigenvalue weighted by molar-refractivity contribution is -0.384. The Morgan fingerprint density at radius 1 is 1.47 bits per heavy atom. The number of anilines is 1. The van der Waals surface area contributed by atoms with Gasteiger partial charge in [-0.25, -0.2) is 0 Å². The highest BCUT2D eigenvalue weighted by molar-refractivity contribution is 6.32. The molecule has 84 valence electrons. The van der Waals surface area contributed by atoms with Gasteiger partial charge in [-0.05, 0) is 12.1 Å². The smallest absolute Gasteiger partial charge is 0.276 e. The summed E-state index contributed by atoms with van der Waals surface area (Å²) in [5.41, 5.74) is 1.93. The summed E-state index contributed by atoms with van der Waals surface area (Å²) < 4.78 is 0. The van der Waals surface area contributed by atoms with Gasteiger partial charge in [0.15, 0.2) is 0 Å². The molecule has 17 heavy (non-hydrogen) atoms. The van der Waals surface area contributed by atoms with Crippen molar-refractivity contribution in [1.29, 1.82) is 10.5 Å². The number of hydrazone groups is 1. The van der Waals surface area contributed by atoms with Crippen molar-refractivity contribution in [3.63, 3.8) is 0 Å². The van der Waals surface area contributed by atoms with Crippen molar-refractivity contribution >= 4 is 28.7 Å². The number of halogens is 1. The molecular weight excluding hydrogens is 246 g/mol. The summed E-state index contributed by atoms with van der Waals surface area (Å²) in [5.74, 6) is 0. The highest BCUT2D eigenvalue weighted by Gasteiger charge is 2.12. The molecule has 0 unspecified atom stereocenters. The Labute approximate surface area is 101 Å². The molecule has 1 rings (SSSR count). The minimum absolute atomic E-state index is 0.00896. The van der Waals surface area contributed by atoms with E-state index < -0.39 is 4.92 Å². The Balaban J connectivity index is 3.00. The molecule has 1 N–H and O–H groups in total. The van der Waals surface area contributed by atoms with E-state index in [9.17, 15) is 10.1 Å². The highest BCUT2D eigenvalue weighted by Crippen LogP contribution is 2.27. The van der Waals surface area contributed by atoms with E-state index in [1.807, 2.05) is 0 Å². The molecule has 0 saturated heterocycles. The van der Waals surface area contributed by atoms with Gasteiger partial charge in [-0.2, -0.15) is 15.6 Å². The van der Waals surface area contributed by atoms with Crippen LogP contribution in [-0.4, -0.2) is 10.6 Å². The van der Waals surface area contributed by atoms with Crippen LogP contribution >= 0.6 is 11.6 Å². The van der Waals surface area contributed by atoms with Crippen molar-refractivity contribution in [3.05, 3.63) is 33.3 Å². The molecule has 8 heteroatoms. The second kappa shape index (κ2) is 5.45. The lowest BCUT2D eigenvalue weighted by Gasteiger charge is -2.00. The summed E-state index contributed by atoms with van der Waals surface area (Å²) in [4.78, 5) is 9.93. The quantitative estimate of drug-likeness (QED) is 0.500. The monoisotopic (exact) mass is 249 g/mol. The lowest BCUT2D eigenvalue weighted by atomic mass is 10.3. The number of nitro groups is 1. The van der Waals surface area contributed by atoms with Gasteiger partial charge in [0.2, 0.25) is 5.71 Å².